The maximum Gasteiger partial charge on any atom is 0.387 e. The van der Waals surface area contributed by atoms with Gasteiger partial charge in [-0.25, -0.2) is 0 Å². The fourth-order valence-corrected chi connectivity index (χ4v) is 4.27. The van der Waals surface area contributed by atoms with Gasteiger partial charge in [0.1, 0.15) is 6.54 Å². The predicted octanol–water partition coefficient (Wildman–Crippen LogP) is 4.64. The van der Waals surface area contributed by atoms with Crippen LogP contribution in [0.1, 0.15) is 10.8 Å². The lowest BCUT2D eigenvalue weighted by atomic mass is 10.2. The van der Waals surface area contributed by atoms with Crippen molar-refractivity contribution in [2.24, 2.45) is 0 Å². The van der Waals surface area contributed by atoms with Crippen molar-refractivity contribution in [1.29, 1.82) is 0 Å². The summed E-state index contributed by atoms with van der Waals surface area (Å²) in [7, 11) is 1.31. The molecule has 12 heteroatoms. The first kappa shape index (κ1) is 21.0. The van der Waals surface area contributed by atoms with Crippen molar-refractivity contribution in [2.75, 3.05) is 7.11 Å². The van der Waals surface area contributed by atoms with Crippen LogP contribution in [0.25, 0.3) is 17.5 Å². The van der Waals surface area contributed by atoms with Crippen molar-refractivity contribution in [2.45, 2.75) is 13.2 Å². The Labute approximate surface area is 182 Å². The van der Waals surface area contributed by atoms with Crippen LogP contribution in [0.2, 0.25) is 0 Å². The summed E-state index contributed by atoms with van der Waals surface area (Å²) in [6, 6.07) is 7.85. The molecule has 8 nitrogen and oxygen atoms in total. The first-order chi connectivity index (χ1) is 14.9. The number of hydrogen-bond donors (Lipinski definition) is 0. The molecule has 0 N–H and O–H groups in total. The van der Waals surface area contributed by atoms with E-state index in [2.05, 4.69) is 14.9 Å². The van der Waals surface area contributed by atoms with Crippen LogP contribution >= 0.6 is 23.1 Å². The first-order valence-electron chi connectivity index (χ1n) is 8.69. The molecule has 1 aliphatic heterocycles. The molecule has 1 saturated heterocycles. The minimum absolute atomic E-state index is 0.0431. The van der Waals surface area contributed by atoms with Crippen molar-refractivity contribution < 1.29 is 32.4 Å². The Morgan fingerprint density at radius 3 is 2.81 bits per heavy atom. The molecule has 2 aromatic heterocycles. The highest BCUT2D eigenvalue weighted by atomic mass is 32.2. The van der Waals surface area contributed by atoms with Crippen molar-refractivity contribution in [3.63, 3.8) is 0 Å². The Morgan fingerprint density at radius 2 is 2.10 bits per heavy atom. The molecule has 3 aromatic rings. The zero-order chi connectivity index (χ0) is 22.0. The lowest BCUT2D eigenvalue weighted by molar-refractivity contribution is -0.123. The molecule has 31 heavy (non-hydrogen) atoms. The summed E-state index contributed by atoms with van der Waals surface area (Å²) in [5.74, 6) is -0.341. The molecule has 1 aromatic carbocycles. The Kier molecular flexibility index (Phi) is 6.00. The number of aromatic nitrogens is 2. The number of carbonyl (C=O) groups is 2. The van der Waals surface area contributed by atoms with E-state index in [1.807, 2.05) is 17.5 Å². The van der Waals surface area contributed by atoms with Crippen LogP contribution in [0, 0.1) is 0 Å². The third-order valence-corrected chi connectivity index (χ3v) is 5.82. The Morgan fingerprint density at radius 1 is 1.26 bits per heavy atom. The van der Waals surface area contributed by atoms with Gasteiger partial charge >= 0.3 is 6.61 Å². The van der Waals surface area contributed by atoms with Gasteiger partial charge in [0.15, 0.2) is 11.5 Å². The second-order valence-electron chi connectivity index (χ2n) is 6.04. The molecule has 4 rings (SSSR count). The summed E-state index contributed by atoms with van der Waals surface area (Å²) < 4.78 is 39.5. The minimum atomic E-state index is -3.00. The molecule has 0 saturated carbocycles. The maximum atomic E-state index is 12.6. The smallest absolute Gasteiger partial charge is 0.387 e. The summed E-state index contributed by atoms with van der Waals surface area (Å²) in [6.07, 6.45) is 1.66. The number of nitrogens with zero attached hydrogens (tertiary/aromatic N) is 3. The van der Waals surface area contributed by atoms with Gasteiger partial charge in [-0.2, -0.15) is 13.8 Å². The number of imide groups is 1. The summed E-state index contributed by atoms with van der Waals surface area (Å²) >= 11 is 2.29. The molecule has 2 amide bonds. The summed E-state index contributed by atoms with van der Waals surface area (Å²) in [6.45, 7) is -3.19. The number of rotatable bonds is 7. The number of benzene rings is 1. The number of thioether (sulfide) groups is 1. The van der Waals surface area contributed by atoms with Gasteiger partial charge in [-0.1, -0.05) is 11.2 Å². The standard InChI is InChI=1S/C19H13F2N3O5S2/c1-27-13-7-10(4-5-12(13)28-18(20)21)16-22-15(29-23-16)9-24-17(25)14(31-19(24)26)8-11-3-2-6-30-11/h2-8,18H,9H2,1H3/b14-8-. The van der Waals surface area contributed by atoms with Crippen LogP contribution in [0.4, 0.5) is 13.6 Å². The summed E-state index contributed by atoms with van der Waals surface area (Å²) in [5, 5.41) is 5.26. The Hall–Kier alpha value is -3.25. The molecule has 1 aliphatic rings. The third kappa shape index (κ3) is 4.59. The van der Waals surface area contributed by atoms with E-state index in [-0.39, 0.29) is 29.8 Å². The average Bonchev–Trinajstić information content (AvgIpc) is 3.47. The molecule has 0 unspecified atom stereocenters. The van der Waals surface area contributed by atoms with Crippen LogP contribution in [-0.4, -0.2) is 39.9 Å². The van der Waals surface area contributed by atoms with E-state index in [1.165, 1.54) is 36.6 Å². The fourth-order valence-electron chi connectivity index (χ4n) is 2.71. The van der Waals surface area contributed by atoms with Gasteiger partial charge in [-0.15, -0.1) is 11.3 Å². The Balaban J connectivity index is 1.51. The number of hydrogen-bond acceptors (Lipinski definition) is 9. The van der Waals surface area contributed by atoms with Crippen LogP contribution in [0.15, 0.2) is 45.1 Å². The zero-order valence-electron chi connectivity index (χ0n) is 15.8. The molecule has 0 spiro atoms. The van der Waals surface area contributed by atoms with Crippen LogP contribution in [-0.2, 0) is 11.3 Å². The van der Waals surface area contributed by atoms with Gasteiger partial charge in [-0.3, -0.25) is 14.5 Å². The number of alkyl halides is 2. The minimum Gasteiger partial charge on any atom is -0.493 e. The van der Waals surface area contributed by atoms with E-state index in [1.54, 1.807) is 6.08 Å². The van der Waals surface area contributed by atoms with E-state index in [0.717, 1.165) is 21.5 Å². The fraction of sp³-hybridized carbons (Fsp3) is 0.158. The number of halogens is 2. The highest BCUT2D eigenvalue weighted by molar-refractivity contribution is 8.18. The van der Waals surface area contributed by atoms with Gasteiger partial charge in [0.2, 0.25) is 11.7 Å². The normalized spacial score (nSPS) is 15.4. The second-order valence-corrected chi connectivity index (χ2v) is 8.01. The van der Waals surface area contributed by atoms with E-state index in [0.29, 0.717) is 10.5 Å². The molecule has 0 radical (unpaired) electrons. The predicted molar refractivity (Wildman–Crippen MR) is 109 cm³/mol. The van der Waals surface area contributed by atoms with Gasteiger partial charge in [-0.05, 0) is 47.5 Å². The molecule has 0 bridgehead atoms. The molecule has 160 valence electrons. The van der Waals surface area contributed by atoms with Gasteiger partial charge in [0.05, 0.1) is 12.0 Å². The molecule has 1 fully saturated rings. The van der Waals surface area contributed by atoms with E-state index in [9.17, 15) is 18.4 Å². The third-order valence-electron chi connectivity index (χ3n) is 4.09. The molecular formula is C19H13F2N3O5S2. The van der Waals surface area contributed by atoms with Crippen LogP contribution in [0.3, 0.4) is 0 Å². The zero-order valence-corrected chi connectivity index (χ0v) is 17.4. The van der Waals surface area contributed by atoms with Crippen molar-refractivity contribution in [1.82, 2.24) is 15.0 Å². The number of carbonyl (C=O) groups excluding carboxylic acids is 2. The highest BCUT2D eigenvalue weighted by Crippen LogP contribution is 2.35. The first-order valence-corrected chi connectivity index (χ1v) is 10.4. The van der Waals surface area contributed by atoms with Crippen molar-refractivity contribution >= 4 is 40.3 Å². The van der Waals surface area contributed by atoms with Gasteiger partial charge in [0.25, 0.3) is 11.1 Å². The lowest BCUT2D eigenvalue weighted by Crippen LogP contribution is -2.27. The maximum absolute atomic E-state index is 12.6. The van der Waals surface area contributed by atoms with Crippen LogP contribution in [0.5, 0.6) is 11.5 Å². The highest BCUT2D eigenvalue weighted by Gasteiger charge is 2.36. The van der Waals surface area contributed by atoms with Crippen LogP contribution < -0.4 is 9.47 Å². The average molecular weight is 465 g/mol. The second kappa shape index (κ2) is 8.86. The molecule has 0 aliphatic carbocycles. The molecule has 0 atom stereocenters. The number of amides is 2. The largest absolute Gasteiger partial charge is 0.493 e. The monoisotopic (exact) mass is 465 g/mol. The summed E-state index contributed by atoms with van der Waals surface area (Å²) in [5.41, 5.74) is 0.417. The van der Waals surface area contributed by atoms with Gasteiger partial charge in [0, 0.05) is 10.4 Å². The SMILES string of the molecule is COc1cc(-c2noc(CN3C(=O)S/C(=C\c4cccs4)C3=O)n2)ccc1OC(F)F. The topological polar surface area (TPSA) is 94.8 Å². The lowest BCUT2D eigenvalue weighted by Gasteiger charge is -2.10. The number of thiophene rings is 1. The number of methoxy groups -OCH3 is 1. The van der Waals surface area contributed by atoms with Crippen molar-refractivity contribution in [3.05, 3.63) is 51.4 Å². The molecular weight excluding hydrogens is 452 g/mol. The number of ether oxygens (including phenoxy) is 2. The quantitative estimate of drug-likeness (QED) is 0.466. The van der Waals surface area contributed by atoms with E-state index < -0.39 is 17.8 Å². The van der Waals surface area contributed by atoms with E-state index >= 15 is 0 Å². The van der Waals surface area contributed by atoms with E-state index in [4.69, 9.17) is 9.26 Å². The Bertz CT molecular complexity index is 1150. The van der Waals surface area contributed by atoms with Crippen molar-refractivity contribution in [3.8, 4) is 22.9 Å². The molecule has 3 heterocycles. The van der Waals surface area contributed by atoms with Gasteiger partial charge < -0.3 is 14.0 Å². The summed E-state index contributed by atoms with van der Waals surface area (Å²) in [4.78, 5) is 31.2.